The Labute approximate surface area is 109 Å². The Bertz CT molecular complexity index is 352. The van der Waals surface area contributed by atoms with Crippen LogP contribution in [0.15, 0.2) is 23.0 Å². The van der Waals surface area contributed by atoms with E-state index in [1.165, 1.54) is 0 Å². The van der Waals surface area contributed by atoms with Crippen molar-refractivity contribution in [1.82, 2.24) is 4.90 Å². The lowest BCUT2D eigenvalue weighted by Gasteiger charge is -2.26. The summed E-state index contributed by atoms with van der Waals surface area (Å²) in [7, 11) is 1.64. The summed E-state index contributed by atoms with van der Waals surface area (Å²) >= 11 is 0. The number of nitrogens with zero attached hydrogens (tertiary/aromatic N) is 1. The summed E-state index contributed by atoms with van der Waals surface area (Å²) in [6.07, 6.45) is 3.83. The molecular weight excluding hydrogens is 230 g/mol. The van der Waals surface area contributed by atoms with Gasteiger partial charge in [-0.05, 0) is 11.5 Å². The van der Waals surface area contributed by atoms with Gasteiger partial charge in [0.25, 0.3) is 0 Å². The monoisotopic (exact) mass is 253 g/mol. The molecule has 1 heterocycles. The fourth-order valence-electron chi connectivity index (χ4n) is 1.66. The second kappa shape index (κ2) is 6.59. The van der Waals surface area contributed by atoms with E-state index in [1.54, 1.807) is 19.6 Å². The minimum absolute atomic E-state index is 0.00119. The molecule has 0 aliphatic heterocycles. The second-order valence-corrected chi connectivity index (χ2v) is 5.68. The molecule has 0 saturated heterocycles. The van der Waals surface area contributed by atoms with Crippen molar-refractivity contribution in [3.63, 3.8) is 0 Å². The van der Waals surface area contributed by atoms with Crippen LogP contribution in [-0.2, 0) is 16.1 Å². The molecule has 102 valence electrons. The lowest BCUT2D eigenvalue weighted by atomic mass is 9.91. The first-order valence-corrected chi connectivity index (χ1v) is 6.20. The molecule has 4 nitrogen and oxygen atoms in total. The van der Waals surface area contributed by atoms with Crippen molar-refractivity contribution in [1.29, 1.82) is 0 Å². The minimum atomic E-state index is -0.00119. The molecule has 1 amide bonds. The van der Waals surface area contributed by atoms with E-state index in [2.05, 4.69) is 20.8 Å². The third-order valence-electron chi connectivity index (χ3n) is 2.55. The summed E-state index contributed by atoms with van der Waals surface area (Å²) < 4.78 is 10.1. The highest BCUT2D eigenvalue weighted by molar-refractivity contribution is 5.76. The van der Waals surface area contributed by atoms with E-state index in [0.717, 1.165) is 5.56 Å². The van der Waals surface area contributed by atoms with Gasteiger partial charge in [-0.15, -0.1) is 0 Å². The van der Waals surface area contributed by atoms with Crippen molar-refractivity contribution in [3.05, 3.63) is 24.2 Å². The average molecular weight is 253 g/mol. The molecule has 1 aromatic heterocycles. The van der Waals surface area contributed by atoms with Crippen molar-refractivity contribution in [2.45, 2.75) is 33.7 Å². The van der Waals surface area contributed by atoms with E-state index < -0.39 is 0 Å². The molecule has 0 aliphatic rings. The van der Waals surface area contributed by atoms with Crippen LogP contribution in [0, 0.1) is 5.41 Å². The number of furan rings is 1. The van der Waals surface area contributed by atoms with Crippen LogP contribution in [0.1, 0.15) is 32.8 Å². The zero-order chi connectivity index (χ0) is 13.6. The van der Waals surface area contributed by atoms with Crippen molar-refractivity contribution in [2.24, 2.45) is 5.41 Å². The molecule has 0 spiro atoms. The zero-order valence-corrected chi connectivity index (χ0v) is 11.7. The van der Waals surface area contributed by atoms with Crippen LogP contribution in [0.3, 0.4) is 0 Å². The van der Waals surface area contributed by atoms with Crippen LogP contribution < -0.4 is 0 Å². The molecule has 1 aromatic rings. The van der Waals surface area contributed by atoms with Gasteiger partial charge in [-0.2, -0.15) is 0 Å². The molecule has 1 rings (SSSR count). The first-order valence-electron chi connectivity index (χ1n) is 6.20. The van der Waals surface area contributed by atoms with E-state index >= 15 is 0 Å². The van der Waals surface area contributed by atoms with Gasteiger partial charge in [-0.1, -0.05) is 20.8 Å². The second-order valence-electron chi connectivity index (χ2n) is 5.68. The Hall–Kier alpha value is -1.29. The first-order chi connectivity index (χ1) is 8.42. The molecule has 18 heavy (non-hydrogen) atoms. The van der Waals surface area contributed by atoms with Gasteiger partial charge in [0.05, 0.1) is 19.1 Å². The topological polar surface area (TPSA) is 42.7 Å². The van der Waals surface area contributed by atoms with Crippen LogP contribution >= 0.6 is 0 Å². The lowest BCUT2D eigenvalue weighted by molar-refractivity contribution is -0.134. The van der Waals surface area contributed by atoms with Crippen molar-refractivity contribution >= 4 is 5.91 Å². The molecule has 0 unspecified atom stereocenters. The van der Waals surface area contributed by atoms with Crippen molar-refractivity contribution < 1.29 is 13.9 Å². The fraction of sp³-hybridized carbons (Fsp3) is 0.643. The maximum absolute atomic E-state index is 12.2. The lowest BCUT2D eigenvalue weighted by Crippen LogP contribution is -2.35. The molecular formula is C14H23NO3. The highest BCUT2D eigenvalue weighted by Crippen LogP contribution is 2.20. The van der Waals surface area contributed by atoms with Crippen molar-refractivity contribution in [2.75, 3.05) is 20.3 Å². The van der Waals surface area contributed by atoms with E-state index in [9.17, 15) is 4.79 Å². The van der Waals surface area contributed by atoms with Gasteiger partial charge in [0.15, 0.2) is 0 Å². The number of carbonyl (C=O) groups is 1. The third kappa shape index (κ3) is 5.36. The van der Waals surface area contributed by atoms with Gasteiger partial charge in [-0.3, -0.25) is 4.79 Å². The molecule has 0 aliphatic carbocycles. The van der Waals surface area contributed by atoms with Crippen LogP contribution in [0.2, 0.25) is 0 Å². The number of hydrogen-bond donors (Lipinski definition) is 0. The molecule has 0 bridgehead atoms. The predicted molar refractivity (Wildman–Crippen MR) is 70.1 cm³/mol. The van der Waals surface area contributed by atoms with E-state index in [1.807, 2.05) is 11.0 Å². The highest BCUT2D eigenvalue weighted by atomic mass is 16.5. The number of ether oxygens (including phenoxy) is 1. The van der Waals surface area contributed by atoms with E-state index in [-0.39, 0.29) is 11.3 Å². The van der Waals surface area contributed by atoms with Gasteiger partial charge in [0, 0.05) is 32.2 Å². The molecule has 0 saturated carbocycles. The van der Waals surface area contributed by atoms with Crippen LogP contribution in [0.4, 0.5) is 0 Å². The zero-order valence-electron chi connectivity index (χ0n) is 11.7. The summed E-state index contributed by atoms with van der Waals surface area (Å²) in [4.78, 5) is 14.0. The summed E-state index contributed by atoms with van der Waals surface area (Å²) in [5.41, 5.74) is 1.01. The number of rotatable bonds is 6. The summed E-state index contributed by atoms with van der Waals surface area (Å²) in [6.45, 7) is 7.94. The number of amides is 1. The summed E-state index contributed by atoms with van der Waals surface area (Å²) in [6, 6.07) is 1.88. The van der Waals surface area contributed by atoms with Crippen molar-refractivity contribution in [3.8, 4) is 0 Å². The van der Waals surface area contributed by atoms with E-state index in [4.69, 9.17) is 9.15 Å². The highest BCUT2D eigenvalue weighted by Gasteiger charge is 2.21. The van der Waals surface area contributed by atoms with Crippen LogP contribution in [0.5, 0.6) is 0 Å². The third-order valence-corrected chi connectivity index (χ3v) is 2.55. The average Bonchev–Trinajstić information content (AvgIpc) is 2.74. The van der Waals surface area contributed by atoms with Gasteiger partial charge < -0.3 is 14.1 Å². The fourth-order valence-corrected chi connectivity index (χ4v) is 1.66. The normalized spacial score (nSPS) is 11.6. The molecule has 4 heteroatoms. The molecule has 0 radical (unpaired) electrons. The predicted octanol–water partition coefficient (Wildman–Crippen LogP) is 2.69. The Morgan fingerprint density at radius 3 is 2.67 bits per heavy atom. The molecule has 0 N–H and O–H groups in total. The van der Waals surface area contributed by atoms with E-state index in [0.29, 0.717) is 26.1 Å². The summed E-state index contributed by atoms with van der Waals surface area (Å²) in [5.74, 6) is 0.153. The Balaban J connectivity index is 2.62. The first kappa shape index (κ1) is 14.8. The maximum atomic E-state index is 12.2. The van der Waals surface area contributed by atoms with Gasteiger partial charge >= 0.3 is 0 Å². The molecule has 0 fully saturated rings. The largest absolute Gasteiger partial charge is 0.472 e. The smallest absolute Gasteiger partial charge is 0.223 e. The SMILES string of the molecule is COCCN(Cc1ccoc1)C(=O)CC(C)(C)C. The van der Waals surface area contributed by atoms with Gasteiger partial charge in [-0.25, -0.2) is 0 Å². The number of methoxy groups -OCH3 is 1. The van der Waals surface area contributed by atoms with Crippen LogP contribution in [-0.4, -0.2) is 31.1 Å². The molecule has 0 aromatic carbocycles. The standard InChI is InChI=1S/C14H23NO3/c1-14(2,3)9-13(16)15(6-8-17-4)10-12-5-7-18-11-12/h5,7,11H,6,8-10H2,1-4H3. The Kier molecular flexibility index (Phi) is 5.41. The Morgan fingerprint density at radius 1 is 1.44 bits per heavy atom. The quantitative estimate of drug-likeness (QED) is 0.782. The van der Waals surface area contributed by atoms with Crippen LogP contribution in [0.25, 0.3) is 0 Å². The summed E-state index contributed by atoms with van der Waals surface area (Å²) in [5, 5.41) is 0. The van der Waals surface area contributed by atoms with Gasteiger partial charge in [0.2, 0.25) is 5.91 Å². The maximum Gasteiger partial charge on any atom is 0.223 e. The number of hydrogen-bond acceptors (Lipinski definition) is 3. The number of carbonyl (C=O) groups excluding carboxylic acids is 1. The minimum Gasteiger partial charge on any atom is -0.472 e. The van der Waals surface area contributed by atoms with Gasteiger partial charge in [0.1, 0.15) is 0 Å². The Morgan fingerprint density at radius 2 is 2.17 bits per heavy atom. The molecule has 0 atom stereocenters.